The smallest absolute Gasteiger partial charge is 0.254 e. The number of benzene rings is 3. The Kier molecular flexibility index (Phi) is 7.54. The van der Waals surface area contributed by atoms with E-state index in [2.05, 4.69) is 10.6 Å². The first-order chi connectivity index (χ1) is 15.1. The molecule has 3 aromatic carbocycles. The van der Waals surface area contributed by atoms with Gasteiger partial charge < -0.3 is 15.4 Å². The summed E-state index contributed by atoms with van der Waals surface area (Å²) in [7, 11) is 1.58. The van der Waals surface area contributed by atoms with Crippen molar-refractivity contribution in [2.75, 3.05) is 20.2 Å². The molecule has 3 aromatic rings. The van der Waals surface area contributed by atoms with E-state index in [9.17, 15) is 14.0 Å². The van der Waals surface area contributed by atoms with E-state index in [4.69, 9.17) is 4.74 Å². The van der Waals surface area contributed by atoms with E-state index >= 15 is 0 Å². The van der Waals surface area contributed by atoms with Crippen molar-refractivity contribution < 1.29 is 18.7 Å². The van der Waals surface area contributed by atoms with Crippen LogP contribution < -0.4 is 15.4 Å². The molecular formula is C25H23FN2O3. The standard InChI is InChI=1S/C25H23FN2O3/c1-31-23-14-8-5-11-19(23)17-21(18-9-3-2-4-10-18)25(30)28-16-15-27-24(29)20-12-6-7-13-22(20)26/h2-14,17H,15-16H2,1H3,(H,27,29)(H,28,30). The van der Waals surface area contributed by atoms with Crippen LogP contribution in [0, 0.1) is 5.82 Å². The molecule has 0 aliphatic heterocycles. The number of rotatable bonds is 8. The maximum Gasteiger partial charge on any atom is 0.254 e. The average molecular weight is 418 g/mol. The summed E-state index contributed by atoms with van der Waals surface area (Å²) in [6.45, 7) is 0.352. The minimum atomic E-state index is -0.588. The molecule has 2 N–H and O–H groups in total. The summed E-state index contributed by atoms with van der Waals surface area (Å²) in [5.74, 6) is -0.756. The highest BCUT2D eigenvalue weighted by molar-refractivity contribution is 6.24. The molecule has 0 radical (unpaired) electrons. The Hall–Kier alpha value is -3.93. The molecule has 0 bridgehead atoms. The summed E-state index contributed by atoms with van der Waals surface area (Å²) in [5, 5.41) is 5.41. The van der Waals surface area contributed by atoms with Crippen molar-refractivity contribution >= 4 is 23.5 Å². The fourth-order valence-corrected chi connectivity index (χ4v) is 3.03. The summed E-state index contributed by atoms with van der Waals surface area (Å²) in [6, 6.07) is 22.4. The number of amides is 2. The minimum absolute atomic E-state index is 0.0325. The summed E-state index contributed by atoms with van der Waals surface area (Å²) in [6.07, 6.45) is 1.77. The Morgan fingerprint density at radius 1 is 0.871 bits per heavy atom. The number of ether oxygens (including phenoxy) is 1. The van der Waals surface area contributed by atoms with Gasteiger partial charge in [-0.15, -0.1) is 0 Å². The Morgan fingerprint density at radius 2 is 1.52 bits per heavy atom. The van der Waals surface area contributed by atoms with E-state index < -0.39 is 11.7 Å². The summed E-state index contributed by atoms with van der Waals surface area (Å²) >= 11 is 0. The number of para-hydroxylation sites is 1. The van der Waals surface area contributed by atoms with Crippen LogP contribution in [0.5, 0.6) is 5.75 Å². The molecule has 6 heteroatoms. The molecule has 0 aromatic heterocycles. The maximum atomic E-state index is 13.7. The monoisotopic (exact) mass is 418 g/mol. The molecule has 5 nitrogen and oxygen atoms in total. The summed E-state index contributed by atoms with van der Waals surface area (Å²) in [4.78, 5) is 25.0. The van der Waals surface area contributed by atoms with Gasteiger partial charge in [-0.3, -0.25) is 9.59 Å². The van der Waals surface area contributed by atoms with Gasteiger partial charge in [-0.2, -0.15) is 0 Å². The molecule has 0 saturated heterocycles. The first-order valence-corrected chi connectivity index (χ1v) is 9.81. The molecule has 3 rings (SSSR count). The topological polar surface area (TPSA) is 67.4 Å². The summed E-state index contributed by atoms with van der Waals surface area (Å²) < 4.78 is 19.1. The second-order valence-corrected chi connectivity index (χ2v) is 6.66. The van der Waals surface area contributed by atoms with Gasteiger partial charge in [-0.25, -0.2) is 4.39 Å². The van der Waals surface area contributed by atoms with Crippen molar-refractivity contribution in [2.45, 2.75) is 0 Å². The van der Waals surface area contributed by atoms with Crippen LogP contribution in [0.15, 0.2) is 78.9 Å². The summed E-state index contributed by atoms with van der Waals surface area (Å²) in [5.41, 5.74) is 1.95. The van der Waals surface area contributed by atoms with Gasteiger partial charge in [0.05, 0.1) is 12.7 Å². The molecule has 0 aliphatic rings. The normalized spacial score (nSPS) is 11.0. The van der Waals surface area contributed by atoms with Gasteiger partial charge >= 0.3 is 0 Å². The van der Waals surface area contributed by atoms with Crippen LogP contribution in [-0.4, -0.2) is 32.0 Å². The van der Waals surface area contributed by atoms with E-state index in [1.807, 2.05) is 54.6 Å². The van der Waals surface area contributed by atoms with Crippen molar-refractivity contribution in [3.8, 4) is 5.75 Å². The highest BCUT2D eigenvalue weighted by Crippen LogP contribution is 2.24. The first-order valence-electron chi connectivity index (χ1n) is 9.81. The van der Waals surface area contributed by atoms with Gasteiger partial charge in [0.1, 0.15) is 11.6 Å². The highest BCUT2D eigenvalue weighted by atomic mass is 19.1. The molecule has 158 valence electrons. The van der Waals surface area contributed by atoms with E-state index in [1.54, 1.807) is 19.3 Å². The maximum absolute atomic E-state index is 13.7. The fourth-order valence-electron chi connectivity index (χ4n) is 3.03. The van der Waals surface area contributed by atoms with E-state index in [0.717, 1.165) is 11.1 Å². The molecule has 0 heterocycles. The van der Waals surface area contributed by atoms with Crippen molar-refractivity contribution in [3.63, 3.8) is 0 Å². The lowest BCUT2D eigenvalue weighted by Crippen LogP contribution is -2.35. The third kappa shape index (κ3) is 5.79. The molecule has 0 fully saturated rings. The number of nitrogens with one attached hydrogen (secondary N) is 2. The van der Waals surface area contributed by atoms with Gasteiger partial charge in [-0.1, -0.05) is 60.7 Å². The Morgan fingerprint density at radius 3 is 2.26 bits per heavy atom. The second kappa shape index (κ2) is 10.7. The van der Waals surface area contributed by atoms with Gasteiger partial charge in [0.25, 0.3) is 11.8 Å². The lowest BCUT2D eigenvalue weighted by atomic mass is 10.0. The SMILES string of the molecule is COc1ccccc1C=C(C(=O)NCCNC(=O)c1ccccc1F)c1ccccc1. The Balaban J connectivity index is 1.69. The van der Waals surface area contributed by atoms with Gasteiger partial charge in [-0.05, 0) is 29.8 Å². The minimum Gasteiger partial charge on any atom is -0.496 e. The zero-order chi connectivity index (χ0) is 22.1. The van der Waals surface area contributed by atoms with Crippen LogP contribution >= 0.6 is 0 Å². The van der Waals surface area contributed by atoms with Crippen molar-refractivity contribution in [3.05, 3.63) is 101 Å². The lowest BCUT2D eigenvalue weighted by molar-refractivity contribution is -0.115. The van der Waals surface area contributed by atoms with Crippen molar-refractivity contribution in [1.82, 2.24) is 10.6 Å². The van der Waals surface area contributed by atoms with Gasteiger partial charge in [0.2, 0.25) is 0 Å². The van der Waals surface area contributed by atoms with Crippen LogP contribution in [0.1, 0.15) is 21.5 Å². The highest BCUT2D eigenvalue weighted by Gasteiger charge is 2.14. The zero-order valence-corrected chi connectivity index (χ0v) is 17.1. The van der Waals surface area contributed by atoms with Crippen molar-refractivity contribution in [1.29, 1.82) is 0 Å². The third-order valence-electron chi connectivity index (χ3n) is 4.58. The molecule has 0 aliphatic carbocycles. The largest absolute Gasteiger partial charge is 0.496 e. The Bertz CT molecular complexity index is 1080. The van der Waals surface area contributed by atoms with Crippen LogP contribution in [-0.2, 0) is 4.79 Å². The van der Waals surface area contributed by atoms with Crippen molar-refractivity contribution in [2.24, 2.45) is 0 Å². The number of carbonyl (C=O) groups excluding carboxylic acids is 2. The second-order valence-electron chi connectivity index (χ2n) is 6.66. The number of hydrogen-bond acceptors (Lipinski definition) is 3. The number of halogens is 1. The van der Waals surface area contributed by atoms with Gasteiger partial charge in [0.15, 0.2) is 0 Å². The van der Waals surface area contributed by atoms with E-state index in [-0.39, 0.29) is 24.6 Å². The molecule has 31 heavy (non-hydrogen) atoms. The van der Waals surface area contributed by atoms with E-state index in [0.29, 0.717) is 11.3 Å². The number of carbonyl (C=O) groups is 2. The average Bonchev–Trinajstić information content (AvgIpc) is 2.81. The zero-order valence-electron chi connectivity index (χ0n) is 17.1. The quantitative estimate of drug-likeness (QED) is 0.331. The molecule has 0 atom stereocenters. The number of hydrogen-bond donors (Lipinski definition) is 2. The van der Waals surface area contributed by atoms with Crippen LogP contribution in [0.4, 0.5) is 4.39 Å². The predicted molar refractivity (Wildman–Crippen MR) is 119 cm³/mol. The van der Waals surface area contributed by atoms with Crippen LogP contribution in [0.2, 0.25) is 0 Å². The first kappa shape index (κ1) is 21.8. The Labute approximate surface area is 180 Å². The van der Waals surface area contributed by atoms with Crippen LogP contribution in [0.3, 0.4) is 0 Å². The third-order valence-corrected chi connectivity index (χ3v) is 4.58. The van der Waals surface area contributed by atoms with E-state index in [1.165, 1.54) is 18.2 Å². The lowest BCUT2D eigenvalue weighted by Gasteiger charge is -2.12. The molecular weight excluding hydrogens is 395 g/mol. The van der Waals surface area contributed by atoms with Gasteiger partial charge in [0, 0.05) is 24.2 Å². The predicted octanol–water partition coefficient (Wildman–Crippen LogP) is 3.92. The molecule has 0 spiro atoms. The van der Waals surface area contributed by atoms with Crippen LogP contribution in [0.25, 0.3) is 11.6 Å². The molecule has 0 saturated carbocycles. The molecule has 0 unspecified atom stereocenters. The number of methoxy groups -OCH3 is 1. The molecule has 2 amide bonds. The fraction of sp³-hybridized carbons (Fsp3) is 0.120.